The van der Waals surface area contributed by atoms with E-state index in [2.05, 4.69) is 4.98 Å². The van der Waals surface area contributed by atoms with Gasteiger partial charge in [0.2, 0.25) is 0 Å². The van der Waals surface area contributed by atoms with E-state index in [1.807, 2.05) is 6.92 Å². The first-order valence-corrected chi connectivity index (χ1v) is 7.03. The normalized spacial score (nSPS) is 21.8. The lowest BCUT2D eigenvalue weighted by molar-refractivity contribution is -0.383. The molecule has 2 heterocycles. The molecule has 110 valence electrons. The zero-order valence-electron chi connectivity index (χ0n) is 11.7. The number of carbonyl (C=O) groups excluding carboxylic acids is 1. The van der Waals surface area contributed by atoms with Crippen LogP contribution in [0.25, 0.3) is 10.9 Å². The summed E-state index contributed by atoms with van der Waals surface area (Å²) in [5.41, 5.74) is 0.967. The van der Waals surface area contributed by atoms with Gasteiger partial charge in [-0.3, -0.25) is 14.9 Å². The number of nitro groups is 1. The lowest BCUT2D eigenvalue weighted by Gasteiger charge is -2.14. The van der Waals surface area contributed by atoms with E-state index in [4.69, 9.17) is 4.74 Å². The molecule has 0 radical (unpaired) electrons. The number of nitrogens with one attached hydrogen (secondary N) is 1. The van der Waals surface area contributed by atoms with E-state index < -0.39 is 4.92 Å². The Morgan fingerprint density at radius 1 is 1.52 bits per heavy atom. The molecule has 0 bridgehead atoms. The Balaban J connectivity index is 2.08. The second kappa shape index (κ2) is 5.29. The van der Waals surface area contributed by atoms with Gasteiger partial charge in [0.05, 0.1) is 33.4 Å². The molecular formula is C15H16N2O4. The van der Waals surface area contributed by atoms with Gasteiger partial charge in [0.25, 0.3) is 5.69 Å². The fourth-order valence-corrected chi connectivity index (χ4v) is 3.06. The highest BCUT2D eigenvalue weighted by molar-refractivity contribution is 6.12. The third-order valence-electron chi connectivity index (χ3n) is 4.09. The second-order valence-electron chi connectivity index (χ2n) is 5.24. The number of fused-ring (bicyclic) bond motifs is 1. The van der Waals surface area contributed by atoms with E-state index >= 15 is 0 Å². The third kappa shape index (κ3) is 2.21. The molecule has 0 aliphatic carbocycles. The molecule has 6 heteroatoms. The first-order valence-electron chi connectivity index (χ1n) is 7.03. The van der Waals surface area contributed by atoms with Crippen LogP contribution in [0.15, 0.2) is 24.4 Å². The SMILES string of the molecule is CCC1OCCC1C(=O)c1c[nH]c2cccc([N+](=O)[O-])c12. The number of hydrogen-bond donors (Lipinski definition) is 1. The molecule has 1 N–H and O–H groups in total. The molecule has 0 amide bonds. The summed E-state index contributed by atoms with van der Waals surface area (Å²) >= 11 is 0. The number of ketones is 1. The number of nitrogens with zero attached hydrogens (tertiary/aromatic N) is 1. The summed E-state index contributed by atoms with van der Waals surface area (Å²) in [6.07, 6.45) is 2.92. The third-order valence-corrected chi connectivity index (χ3v) is 4.09. The summed E-state index contributed by atoms with van der Waals surface area (Å²) in [7, 11) is 0. The summed E-state index contributed by atoms with van der Waals surface area (Å²) in [5, 5.41) is 11.6. The smallest absolute Gasteiger partial charge is 0.279 e. The molecule has 1 fully saturated rings. The summed E-state index contributed by atoms with van der Waals surface area (Å²) in [4.78, 5) is 26.4. The van der Waals surface area contributed by atoms with Gasteiger partial charge < -0.3 is 9.72 Å². The maximum Gasteiger partial charge on any atom is 0.279 e. The number of nitro benzene ring substituents is 1. The molecule has 2 aromatic rings. The Kier molecular flexibility index (Phi) is 3.47. The van der Waals surface area contributed by atoms with Crippen molar-refractivity contribution in [3.8, 4) is 0 Å². The van der Waals surface area contributed by atoms with Crippen LogP contribution in [0, 0.1) is 16.0 Å². The molecule has 21 heavy (non-hydrogen) atoms. The van der Waals surface area contributed by atoms with Crippen molar-refractivity contribution in [1.29, 1.82) is 0 Å². The number of H-pyrrole nitrogens is 1. The van der Waals surface area contributed by atoms with Crippen molar-refractivity contribution in [2.75, 3.05) is 6.61 Å². The number of aromatic nitrogens is 1. The van der Waals surface area contributed by atoms with Crippen molar-refractivity contribution in [1.82, 2.24) is 4.98 Å². The molecule has 3 rings (SSSR count). The maximum absolute atomic E-state index is 12.7. The van der Waals surface area contributed by atoms with Gasteiger partial charge in [0.1, 0.15) is 0 Å². The minimum Gasteiger partial charge on any atom is -0.377 e. The van der Waals surface area contributed by atoms with Crippen LogP contribution in [0.2, 0.25) is 0 Å². The van der Waals surface area contributed by atoms with Crippen LogP contribution in [0.5, 0.6) is 0 Å². The second-order valence-corrected chi connectivity index (χ2v) is 5.24. The van der Waals surface area contributed by atoms with Crippen molar-refractivity contribution in [2.45, 2.75) is 25.9 Å². The van der Waals surface area contributed by atoms with Gasteiger partial charge in [0.15, 0.2) is 5.78 Å². The predicted molar refractivity (Wildman–Crippen MR) is 77.4 cm³/mol. The van der Waals surface area contributed by atoms with E-state index in [1.165, 1.54) is 6.07 Å². The summed E-state index contributed by atoms with van der Waals surface area (Å²) in [6.45, 7) is 2.55. The zero-order valence-corrected chi connectivity index (χ0v) is 11.7. The summed E-state index contributed by atoms with van der Waals surface area (Å²) in [6, 6.07) is 4.77. The van der Waals surface area contributed by atoms with E-state index in [-0.39, 0.29) is 23.5 Å². The predicted octanol–water partition coefficient (Wildman–Crippen LogP) is 3.07. The van der Waals surface area contributed by atoms with E-state index in [9.17, 15) is 14.9 Å². The quantitative estimate of drug-likeness (QED) is 0.532. The first kappa shape index (κ1) is 13.8. The molecule has 1 saturated heterocycles. The van der Waals surface area contributed by atoms with Gasteiger partial charge in [-0.05, 0) is 18.9 Å². The van der Waals surface area contributed by atoms with Crippen molar-refractivity contribution in [3.05, 3.63) is 40.1 Å². The highest BCUT2D eigenvalue weighted by Gasteiger charge is 2.35. The van der Waals surface area contributed by atoms with E-state index in [0.29, 0.717) is 29.5 Å². The Bertz CT molecular complexity index is 707. The van der Waals surface area contributed by atoms with Gasteiger partial charge >= 0.3 is 0 Å². The van der Waals surface area contributed by atoms with Crippen molar-refractivity contribution >= 4 is 22.4 Å². The molecule has 1 aromatic carbocycles. The molecular weight excluding hydrogens is 272 g/mol. The number of ether oxygens (including phenoxy) is 1. The molecule has 1 aliphatic rings. The minimum absolute atomic E-state index is 0.0379. The average Bonchev–Trinajstić information content (AvgIpc) is 3.12. The van der Waals surface area contributed by atoms with E-state index in [0.717, 1.165) is 6.42 Å². The molecule has 6 nitrogen and oxygen atoms in total. The number of aromatic amines is 1. The number of Topliss-reactive ketones (excluding diaryl/α,β-unsaturated/α-hetero) is 1. The van der Waals surface area contributed by atoms with Crippen LogP contribution in [0.1, 0.15) is 30.1 Å². The monoisotopic (exact) mass is 288 g/mol. The maximum atomic E-state index is 12.7. The number of hydrogen-bond acceptors (Lipinski definition) is 4. The summed E-state index contributed by atoms with van der Waals surface area (Å²) < 4.78 is 5.56. The van der Waals surface area contributed by atoms with Gasteiger partial charge in [-0.15, -0.1) is 0 Å². The Morgan fingerprint density at radius 3 is 3.05 bits per heavy atom. The van der Waals surface area contributed by atoms with Crippen LogP contribution in [0.3, 0.4) is 0 Å². The van der Waals surface area contributed by atoms with Gasteiger partial charge in [-0.2, -0.15) is 0 Å². The molecule has 2 atom stereocenters. The van der Waals surface area contributed by atoms with Crippen LogP contribution in [0.4, 0.5) is 5.69 Å². The number of benzene rings is 1. The fourth-order valence-electron chi connectivity index (χ4n) is 3.06. The van der Waals surface area contributed by atoms with Crippen molar-refractivity contribution in [3.63, 3.8) is 0 Å². The lowest BCUT2D eigenvalue weighted by Crippen LogP contribution is -2.23. The van der Waals surface area contributed by atoms with Crippen molar-refractivity contribution < 1.29 is 14.5 Å². The Morgan fingerprint density at radius 2 is 2.33 bits per heavy atom. The van der Waals surface area contributed by atoms with Gasteiger partial charge in [0, 0.05) is 18.9 Å². The van der Waals surface area contributed by atoms with Crippen molar-refractivity contribution in [2.24, 2.45) is 5.92 Å². The minimum atomic E-state index is -0.449. The lowest BCUT2D eigenvalue weighted by atomic mass is 9.90. The van der Waals surface area contributed by atoms with Crippen LogP contribution in [-0.2, 0) is 4.74 Å². The standard InChI is InChI=1S/C15H16N2O4/c1-2-13-9(6-7-21-13)15(18)10-8-16-11-4-3-5-12(14(10)11)17(19)20/h3-5,8-9,13,16H,2,6-7H2,1H3. The van der Waals surface area contributed by atoms with E-state index in [1.54, 1.807) is 18.3 Å². The highest BCUT2D eigenvalue weighted by Crippen LogP contribution is 2.33. The Labute approximate surface area is 121 Å². The molecule has 1 aliphatic heterocycles. The number of rotatable bonds is 4. The zero-order chi connectivity index (χ0) is 15.0. The molecule has 0 spiro atoms. The van der Waals surface area contributed by atoms with Crippen LogP contribution in [-0.4, -0.2) is 28.4 Å². The first-order chi connectivity index (χ1) is 10.1. The fraction of sp³-hybridized carbons (Fsp3) is 0.400. The van der Waals surface area contributed by atoms with Crippen LogP contribution >= 0.6 is 0 Å². The molecule has 0 saturated carbocycles. The molecule has 2 unspecified atom stereocenters. The largest absolute Gasteiger partial charge is 0.377 e. The number of carbonyl (C=O) groups is 1. The molecule has 1 aromatic heterocycles. The Hall–Kier alpha value is -2.21. The highest BCUT2D eigenvalue weighted by atomic mass is 16.6. The van der Waals surface area contributed by atoms with Crippen LogP contribution < -0.4 is 0 Å². The summed E-state index contributed by atoms with van der Waals surface area (Å²) in [5.74, 6) is -0.284. The van der Waals surface area contributed by atoms with Gasteiger partial charge in [-0.1, -0.05) is 13.0 Å². The van der Waals surface area contributed by atoms with Gasteiger partial charge in [-0.25, -0.2) is 0 Å². The topological polar surface area (TPSA) is 85.2 Å². The average molecular weight is 288 g/mol. The number of non-ortho nitro benzene ring substituents is 1.